The van der Waals surface area contributed by atoms with Gasteiger partial charge in [-0.05, 0) is 36.4 Å². The van der Waals surface area contributed by atoms with E-state index < -0.39 is 0 Å². The van der Waals surface area contributed by atoms with E-state index in [2.05, 4.69) is 20.8 Å². The number of aromatic nitrogens is 4. The Labute approximate surface area is 87.3 Å². The molecule has 2 aromatic rings. The molecule has 0 aliphatic rings. The van der Waals surface area contributed by atoms with Crippen molar-refractivity contribution in [2.24, 2.45) is 7.05 Å². The van der Waals surface area contributed by atoms with Crippen LogP contribution in [-0.2, 0) is 7.05 Å². The number of nitrogens with one attached hydrogen (secondary N) is 1. The number of hydrogen-bond acceptors (Lipinski definition) is 5. The lowest BCUT2D eigenvalue weighted by molar-refractivity contribution is 0.465. The van der Waals surface area contributed by atoms with Crippen molar-refractivity contribution >= 4 is 5.95 Å². The van der Waals surface area contributed by atoms with Crippen LogP contribution in [0.25, 0.3) is 0 Å². The van der Waals surface area contributed by atoms with Crippen LogP contribution in [0.15, 0.2) is 16.5 Å². The summed E-state index contributed by atoms with van der Waals surface area (Å²) in [6, 6.07) is 3.92. The Morgan fingerprint density at radius 1 is 1.47 bits per heavy atom. The molecular formula is C9H13N5O. The SMILES string of the molecule is Cc1ccc(C(C)Nc2nnnn2C)o1. The van der Waals surface area contributed by atoms with Crippen molar-refractivity contribution in [3.8, 4) is 0 Å². The Morgan fingerprint density at radius 3 is 2.80 bits per heavy atom. The molecule has 0 aliphatic carbocycles. The summed E-state index contributed by atoms with van der Waals surface area (Å²) in [4.78, 5) is 0. The van der Waals surface area contributed by atoms with Gasteiger partial charge in [-0.15, -0.1) is 0 Å². The standard InChI is InChI=1S/C9H13N5O/c1-6-4-5-8(15-6)7(2)10-9-11-12-13-14(9)3/h4-5,7H,1-3H3,(H,10,11,13). The minimum atomic E-state index is 0.0448. The second-order valence-electron chi connectivity index (χ2n) is 3.44. The minimum absolute atomic E-state index is 0.0448. The van der Waals surface area contributed by atoms with E-state index in [1.165, 1.54) is 0 Å². The fourth-order valence-corrected chi connectivity index (χ4v) is 1.30. The van der Waals surface area contributed by atoms with E-state index in [0.29, 0.717) is 5.95 Å². The van der Waals surface area contributed by atoms with Crippen LogP contribution in [0.2, 0.25) is 0 Å². The number of anilines is 1. The molecule has 2 heterocycles. The summed E-state index contributed by atoms with van der Waals surface area (Å²) in [5.41, 5.74) is 0. The average molecular weight is 207 g/mol. The average Bonchev–Trinajstić information content (AvgIpc) is 2.77. The molecule has 80 valence electrons. The molecule has 6 heteroatoms. The number of rotatable bonds is 3. The molecule has 0 spiro atoms. The summed E-state index contributed by atoms with van der Waals surface area (Å²) < 4.78 is 7.07. The molecule has 0 aromatic carbocycles. The summed E-state index contributed by atoms with van der Waals surface area (Å²) in [7, 11) is 1.78. The van der Waals surface area contributed by atoms with Gasteiger partial charge in [0.2, 0.25) is 5.95 Å². The molecule has 0 aliphatic heterocycles. The second kappa shape index (κ2) is 3.72. The highest BCUT2D eigenvalue weighted by Gasteiger charge is 2.11. The summed E-state index contributed by atoms with van der Waals surface area (Å²) in [5, 5.41) is 14.3. The van der Waals surface area contributed by atoms with Gasteiger partial charge in [0, 0.05) is 7.05 Å². The van der Waals surface area contributed by atoms with Gasteiger partial charge in [-0.1, -0.05) is 5.10 Å². The van der Waals surface area contributed by atoms with Gasteiger partial charge in [0.25, 0.3) is 0 Å². The topological polar surface area (TPSA) is 68.8 Å². The van der Waals surface area contributed by atoms with Gasteiger partial charge in [-0.3, -0.25) is 0 Å². The first-order valence-electron chi connectivity index (χ1n) is 4.72. The van der Waals surface area contributed by atoms with Crippen LogP contribution in [0.1, 0.15) is 24.5 Å². The molecule has 1 unspecified atom stereocenters. The zero-order valence-electron chi connectivity index (χ0n) is 8.93. The molecule has 6 nitrogen and oxygen atoms in total. The highest BCUT2D eigenvalue weighted by atomic mass is 16.3. The first kappa shape index (κ1) is 9.70. The first-order chi connectivity index (χ1) is 7.16. The lowest BCUT2D eigenvalue weighted by Crippen LogP contribution is -2.10. The van der Waals surface area contributed by atoms with Gasteiger partial charge in [0.1, 0.15) is 11.5 Å². The van der Waals surface area contributed by atoms with Gasteiger partial charge in [0.15, 0.2) is 0 Å². The number of tetrazole rings is 1. The third-order valence-corrected chi connectivity index (χ3v) is 2.15. The Balaban J connectivity index is 2.10. The molecule has 0 fully saturated rings. The third kappa shape index (κ3) is 1.98. The van der Waals surface area contributed by atoms with Crippen molar-refractivity contribution in [1.82, 2.24) is 20.2 Å². The lowest BCUT2D eigenvalue weighted by atomic mass is 10.2. The Bertz CT molecular complexity index is 447. The molecule has 0 bridgehead atoms. The first-order valence-corrected chi connectivity index (χ1v) is 4.72. The normalized spacial score (nSPS) is 12.7. The van der Waals surface area contributed by atoms with Gasteiger partial charge in [-0.2, -0.15) is 0 Å². The van der Waals surface area contributed by atoms with E-state index in [9.17, 15) is 0 Å². The zero-order valence-corrected chi connectivity index (χ0v) is 8.93. The van der Waals surface area contributed by atoms with Gasteiger partial charge in [-0.25, -0.2) is 4.68 Å². The van der Waals surface area contributed by atoms with Gasteiger partial charge < -0.3 is 9.73 Å². The lowest BCUT2D eigenvalue weighted by Gasteiger charge is -2.10. The summed E-state index contributed by atoms with van der Waals surface area (Å²) in [5.74, 6) is 2.39. The van der Waals surface area contributed by atoms with E-state index in [1.54, 1.807) is 11.7 Å². The third-order valence-electron chi connectivity index (χ3n) is 2.15. The molecule has 0 saturated carbocycles. The summed E-state index contributed by atoms with van der Waals surface area (Å²) in [6.45, 7) is 3.91. The van der Waals surface area contributed by atoms with E-state index in [0.717, 1.165) is 11.5 Å². The number of hydrogen-bond donors (Lipinski definition) is 1. The van der Waals surface area contributed by atoms with Gasteiger partial charge in [0.05, 0.1) is 6.04 Å². The zero-order chi connectivity index (χ0) is 10.8. The van der Waals surface area contributed by atoms with Crippen molar-refractivity contribution in [1.29, 1.82) is 0 Å². The summed E-state index contributed by atoms with van der Waals surface area (Å²) >= 11 is 0. The van der Waals surface area contributed by atoms with E-state index >= 15 is 0 Å². The Hall–Kier alpha value is -1.85. The van der Waals surface area contributed by atoms with Crippen LogP contribution in [-0.4, -0.2) is 20.2 Å². The van der Waals surface area contributed by atoms with Gasteiger partial charge >= 0.3 is 0 Å². The molecule has 0 amide bonds. The molecule has 0 saturated heterocycles. The van der Waals surface area contributed by atoms with Crippen molar-refractivity contribution < 1.29 is 4.42 Å². The molecular weight excluding hydrogens is 194 g/mol. The molecule has 2 rings (SSSR count). The van der Waals surface area contributed by atoms with Crippen molar-refractivity contribution in [2.45, 2.75) is 19.9 Å². The van der Waals surface area contributed by atoms with Crippen molar-refractivity contribution in [3.05, 3.63) is 23.7 Å². The predicted octanol–water partition coefficient (Wildman–Crippen LogP) is 1.28. The molecule has 0 radical (unpaired) electrons. The van der Waals surface area contributed by atoms with Crippen molar-refractivity contribution in [2.75, 3.05) is 5.32 Å². The van der Waals surface area contributed by atoms with Crippen LogP contribution < -0.4 is 5.32 Å². The molecule has 1 N–H and O–H groups in total. The maximum atomic E-state index is 5.49. The van der Waals surface area contributed by atoms with Crippen LogP contribution in [0.3, 0.4) is 0 Å². The fourth-order valence-electron chi connectivity index (χ4n) is 1.30. The maximum absolute atomic E-state index is 5.49. The number of aryl methyl sites for hydroxylation is 2. The predicted molar refractivity (Wildman–Crippen MR) is 54.3 cm³/mol. The van der Waals surface area contributed by atoms with E-state index in [-0.39, 0.29) is 6.04 Å². The van der Waals surface area contributed by atoms with Crippen LogP contribution >= 0.6 is 0 Å². The highest BCUT2D eigenvalue weighted by Crippen LogP contribution is 2.18. The van der Waals surface area contributed by atoms with Crippen LogP contribution in [0.4, 0.5) is 5.95 Å². The number of nitrogens with zero attached hydrogens (tertiary/aromatic N) is 4. The van der Waals surface area contributed by atoms with Crippen molar-refractivity contribution in [3.63, 3.8) is 0 Å². The molecule has 1 atom stereocenters. The van der Waals surface area contributed by atoms with E-state index in [4.69, 9.17) is 4.42 Å². The second-order valence-corrected chi connectivity index (χ2v) is 3.44. The molecule has 15 heavy (non-hydrogen) atoms. The number of furan rings is 1. The molecule has 2 aromatic heterocycles. The maximum Gasteiger partial charge on any atom is 0.243 e. The van der Waals surface area contributed by atoms with E-state index in [1.807, 2.05) is 26.0 Å². The Kier molecular flexibility index (Phi) is 2.40. The highest BCUT2D eigenvalue weighted by molar-refractivity contribution is 5.26. The Morgan fingerprint density at radius 2 is 2.27 bits per heavy atom. The minimum Gasteiger partial charge on any atom is -0.464 e. The quantitative estimate of drug-likeness (QED) is 0.821. The smallest absolute Gasteiger partial charge is 0.243 e. The van der Waals surface area contributed by atoms with Crippen LogP contribution in [0.5, 0.6) is 0 Å². The summed E-state index contributed by atoms with van der Waals surface area (Å²) in [6.07, 6.45) is 0. The van der Waals surface area contributed by atoms with Crippen LogP contribution in [0, 0.1) is 6.92 Å². The fraction of sp³-hybridized carbons (Fsp3) is 0.444. The largest absolute Gasteiger partial charge is 0.464 e. The monoisotopic (exact) mass is 207 g/mol.